The van der Waals surface area contributed by atoms with Gasteiger partial charge in [-0.3, -0.25) is 4.99 Å². The second-order valence-corrected chi connectivity index (χ2v) is 8.66. The molecule has 0 aliphatic heterocycles. The molecule has 0 radical (unpaired) electrons. The van der Waals surface area contributed by atoms with Gasteiger partial charge in [-0.2, -0.15) is 0 Å². The van der Waals surface area contributed by atoms with Gasteiger partial charge in [-0.15, -0.1) is 24.0 Å². The van der Waals surface area contributed by atoms with Gasteiger partial charge in [0.15, 0.2) is 5.96 Å². The van der Waals surface area contributed by atoms with Gasteiger partial charge in [0.05, 0.1) is 6.26 Å². The molecule has 25 heavy (non-hydrogen) atoms. The lowest BCUT2D eigenvalue weighted by atomic mass is 9.86. The number of guanidine groups is 1. The zero-order chi connectivity index (χ0) is 17.8. The van der Waals surface area contributed by atoms with Gasteiger partial charge in [-0.25, -0.2) is 12.7 Å². The molecule has 0 spiro atoms. The molecule has 1 fully saturated rings. The normalized spacial score (nSPS) is 16.6. The Balaban J connectivity index is 0.00000576. The number of rotatable bonds is 10. The van der Waals surface area contributed by atoms with Gasteiger partial charge >= 0.3 is 0 Å². The molecule has 1 saturated carbocycles. The lowest BCUT2D eigenvalue weighted by molar-refractivity contribution is 0.332. The largest absolute Gasteiger partial charge is 0.356 e. The maximum atomic E-state index is 11.5. The minimum absolute atomic E-state index is 0. The summed E-state index contributed by atoms with van der Waals surface area (Å²) in [7, 11) is -1.32. The minimum atomic E-state index is -3.09. The van der Waals surface area contributed by atoms with Crippen LogP contribution in [0.25, 0.3) is 0 Å². The monoisotopic (exact) mass is 488 g/mol. The van der Waals surface area contributed by atoms with E-state index in [9.17, 15) is 8.42 Å². The first-order valence-electron chi connectivity index (χ1n) is 9.37. The van der Waals surface area contributed by atoms with Gasteiger partial charge in [0.25, 0.3) is 0 Å². The smallest absolute Gasteiger partial charge is 0.211 e. The van der Waals surface area contributed by atoms with Gasteiger partial charge in [0, 0.05) is 33.2 Å². The van der Waals surface area contributed by atoms with Crippen LogP contribution >= 0.6 is 24.0 Å². The molecule has 2 N–H and O–H groups in total. The Morgan fingerprint density at radius 1 is 1.12 bits per heavy atom. The maximum absolute atomic E-state index is 11.5. The number of hydrogen-bond acceptors (Lipinski definition) is 3. The summed E-state index contributed by atoms with van der Waals surface area (Å²) in [5, 5.41) is 6.60. The SMILES string of the molecule is CCN(CCCNC(=NC)NCCCC1CCCCC1)S(C)(=O)=O.I. The van der Waals surface area contributed by atoms with E-state index < -0.39 is 10.0 Å². The third kappa shape index (κ3) is 11.3. The maximum Gasteiger partial charge on any atom is 0.211 e. The highest BCUT2D eigenvalue weighted by atomic mass is 127. The molecule has 0 aromatic carbocycles. The van der Waals surface area contributed by atoms with Gasteiger partial charge in [0.1, 0.15) is 0 Å². The number of nitrogens with one attached hydrogen (secondary N) is 2. The van der Waals surface area contributed by atoms with Crippen molar-refractivity contribution in [2.24, 2.45) is 10.9 Å². The van der Waals surface area contributed by atoms with E-state index in [2.05, 4.69) is 15.6 Å². The fourth-order valence-electron chi connectivity index (χ4n) is 3.31. The summed E-state index contributed by atoms with van der Waals surface area (Å²) < 4.78 is 24.5. The molecule has 0 amide bonds. The first-order chi connectivity index (χ1) is 11.5. The molecule has 0 bridgehead atoms. The Morgan fingerprint density at radius 3 is 2.24 bits per heavy atom. The standard InChI is InChI=1S/C17H36N4O2S.HI/c1-4-21(24(3,22)23)15-9-14-20-17(18-2)19-13-8-12-16-10-6-5-7-11-16;/h16H,4-15H2,1-3H3,(H2,18,19,20);1H. The van der Waals surface area contributed by atoms with Crippen molar-refractivity contribution in [3.63, 3.8) is 0 Å². The molecule has 0 atom stereocenters. The zero-order valence-corrected chi connectivity index (χ0v) is 19.2. The number of halogens is 1. The van der Waals surface area contributed by atoms with Gasteiger partial charge in [-0.05, 0) is 25.2 Å². The summed E-state index contributed by atoms with van der Waals surface area (Å²) in [5.74, 6) is 1.73. The van der Waals surface area contributed by atoms with E-state index in [1.807, 2.05) is 6.92 Å². The molecule has 8 heteroatoms. The second kappa shape index (κ2) is 14.0. The lowest BCUT2D eigenvalue weighted by Crippen LogP contribution is -2.39. The van der Waals surface area contributed by atoms with Crippen molar-refractivity contribution in [2.75, 3.05) is 39.5 Å². The van der Waals surface area contributed by atoms with Crippen LogP contribution in [0.1, 0.15) is 58.3 Å². The molecule has 6 nitrogen and oxygen atoms in total. The molecule has 0 saturated heterocycles. The van der Waals surface area contributed by atoms with E-state index in [1.54, 1.807) is 7.05 Å². The van der Waals surface area contributed by atoms with E-state index >= 15 is 0 Å². The Kier molecular flexibility index (Phi) is 14.0. The van der Waals surface area contributed by atoms with Crippen molar-refractivity contribution in [1.29, 1.82) is 0 Å². The van der Waals surface area contributed by atoms with E-state index in [4.69, 9.17) is 0 Å². The first-order valence-corrected chi connectivity index (χ1v) is 11.2. The Hall–Kier alpha value is -0.0900. The van der Waals surface area contributed by atoms with Gasteiger partial charge < -0.3 is 10.6 Å². The third-order valence-electron chi connectivity index (χ3n) is 4.73. The second-order valence-electron chi connectivity index (χ2n) is 6.68. The molecular formula is C17H37IN4O2S. The predicted molar refractivity (Wildman–Crippen MR) is 117 cm³/mol. The highest BCUT2D eigenvalue weighted by molar-refractivity contribution is 14.0. The summed E-state index contributed by atoms with van der Waals surface area (Å²) in [6.45, 7) is 4.59. The molecule has 0 aromatic rings. The van der Waals surface area contributed by atoms with E-state index in [0.717, 1.165) is 24.8 Å². The zero-order valence-electron chi connectivity index (χ0n) is 16.1. The number of hydrogen-bond donors (Lipinski definition) is 2. The topological polar surface area (TPSA) is 73.8 Å². The van der Waals surface area contributed by atoms with Crippen molar-refractivity contribution in [3.05, 3.63) is 0 Å². The molecule has 0 unspecified atom stereocenters. The van der Waals surface area contributed by atoms with Crippen molar-refractivity contribution in [2.45, 2.75) is 58.3 Å². The van der Waals surface area contributed by atoms with Crippen LogP contribution in [-0.4, -0.2) is 58.2 Å². The van der Waals surface area contributed by atoms with Crippen LogP contribution in [0.4, 0.5) is 0 Å². The molecule has 1 aliphatic rings. The predicted octanol–water partition coefficient (Wildman–Crippen LogP) is 2.80. The van der Waals surface area contributed by atoms with E-state index in [0.29, 0.717) is 19.6 Å². The fourth-order valence-corrected chi connectivity index (χ4v) is 4.24. The summed E-state index contributed by atoms with van der Waals surface area (Å²) >= 11 is 0. The van der Waals surface area contributed by atoms with E-state index in [-0.39, 0.29) is 24.0 Å². The lowest BCUT2D eigenvalue weighted by Gasteiger charge is -2.21. The molecular weight excluding hydrogens is 451 g/mol. The fraction of sp³-hybridized carbons (Fsp3) is 0.941. The molecule has 1 aliphatic carbocycles. The van der Waals surface area contributed by atoms with E-state index in [1.165, 1.54) is 55.5 Å². The van der Waals surface area contributed by atoms with Crippen molar-refractivity contribution in [1.82, 2.24) is 14.9 Å². The van der Waals surface area contributed by atoms with Crippen LogP contribution in [0, 0.1) is 5.92 Å². The Labute approximate surface area is 171 Å². The summed E-state index contributed by atoms with van der Waals surface area (Å²) in [6.07, 6.45) is 11.6. The van der Waals surface area contributed by atoms with Crippen LogP contribution < -0.4 is 10.6 Å². The average molecular weight is 488 g/mol. The number of sulfonamides is 1. The summed E-state index contributed by atoms with van der Waals surface area (Å²) in [6, 6.07) is 0. The molecule has 0 aromatic heterocycles. The molecule has 1 rings (SSSR count). The Morgan fingerprint density at radius 2 is 1.72 bits per heavy atom. The summed E-state index contributed by atoms with van der Waals surface area (Å²) in [5.41, 5.74) is 0. The minimum Gasteiger partial charge on any atom is -0.356 e. The Bertz CT molecular complexity index is 465. The van der Waals surface area contributed by atoms with Gasteiger partial charge in [-0.1, -0.05) is 39.0 Å². The molecule has 150 valence electrons. The number of nitrogens with zero attached hydrogens (tertiary/aromatic N) is 2. The number of aliphatic imine (C=N–C) groups is 1. The first kappa shape index (κ1) is 24.9. The quantitative estimate of drug-likeness (QED) is 0.215. The van der Waals surface area contributed by atoms with Crippen LogP contribution in [0.3, 0.4) is 0 Å². The third-order valence-corrected chi connectivity index (χ3v) is 6.11. The average Bonchev–Trinajstić information content (AvgIpc) is 2.56. The van der Waals surface area contributed by atoms with Crippen LogP contribution in [0.2, 0.25) is 0 Å². The van der Waals surface area contributed by atoms with Gasteiger partial charge in [0.2, 0.25) is 10.0 Å². The van der Waals surface area contributed by atoms with Crippen LogP contribution in [0.5, 0.6) is 0 Å². The summed E-state index contributed by atoms with van der Waals surface area (Å²) in [4.78, 5) is 4.22. The highest BCUT2D eigenvalue weighted by Crippen LogP contribution is 2.26. The molecule has 0 heterocycles. The van der Waals surface area contributed by atoms with Crippen molar-refractivity contribution >= 4 is 40.0 Å². The van der Waals surface area contributed by atoms with Crippen molar-refractivity contribution in [3.8, 4) is 0 Å². The van der Waals surface area contributed by atoms with Crippen LogP contribution in [-0.2, 0) is 10.0 Å². The highest BCUT2D eigenvalue weighted by Gasteiger charge is 2.14. The van der Waals surface area contributed by atoms with Crippen molar-refractivity contribution < 1.29 is 8.42 Å². The van der Waals surface area contributed by atoms with Crippen LogP contribution in [0.15, 0.2) is 4.99 Å².